The van der Waals surface area contributed by atoms with Gasteiger partial charge in [-0.1, -0.05) is 13.8 Å². The molecule has 0 spiro atoms. The van der Waals surface area contributed by atoms with Crippen LogP contribution >= 0.6 is 11.3 Å². The van der Waals surface area contributed by atoms with E-state index in [4.69, 9.17) is 5.73 Å². The number of nitrogens with zero attached hydrogens (tertiary/aromatic N) is 2. The number of pyridine rings is 1. The maximum atomic E-state index is 13.8. The van der Waals surface area contributed by atoms with Crippen molar-refractivity contribution in [3.8, 4) is 10.4 Å². The molecule has 0 fully saturated rings. The molecule has 0 saturated carbocycles. The molecule has 3 aromatic heterocycles. The van der Waals surface area contributed by atoms with E-state index in [0.29, 0.717) is 20.9 Å². The van der Waals surface area contributed by atoms with Gasteiger partial charge in [-0.3, -0.25) is 4.79 Å². The average Bonchev–Trinajstić information content (AvgIpc) is 2.93. The third kappa shape index (κ3) is 2.87. The number of H-pyrrole nitrogens is 1. The van der Waals surface area contributed by atoms with Gasteiger partial charge < -0.3 is 10.7 Å². The largest absolute Gasteiger partial charge is 0.321 e. The Kier molecular flexibility index (Phi) is 3.95. The summed E-state index contributed by atoms with van der Waals surface area (Å²) in [6.45, 7) is 3.84. The van der Waals surface area contributed by atoms with E-state index in [1.807, 2.05) is 13.8 Å². The van der Waals surface area contributed by atoms with Crippen molar-refractivity contribution >= 4 is 21.6 Å². The van der Waals surface area contributed by atoms with Crippen molar-refractivity contribution in [2.24, 2.45) is 11.7 Å². The maximum Gasteiger partial charge on any atom is 0.268 e. The van der Waals surface area contributed by atoms with Gasteiger partial charge in [0, 0.05) is 16.5 Å². The van der Waals surface area contributed by atoms with Crippen molar-refractivity contribution in [2.75, 3.05) is 0 Å². The van der Waals surface area contributed by atoms with Crippen LogP contribution in [0, 0.1) is 17.7 Å². The quantitative estimate of drug-likeness (QED) is 0.720. The summed E-state index contributed by atoms with van der Waals surface area (Å²) in [7, 11) is 0. The minimum atomic E-state index is -0.789. The van der Waals surface area contributed by atoms with Gasteiger partial charge in [0.1, 0.15) is 16.3 Å². The summed E-state index contributed by atoms with van der Waals surface area (Å²) in [4.78, 5) is 22.9. The van der Waals surface area contributed by atoms with E-state index >= 15 is 0 Å². The van der Waals surface area contributed by atoms with E-state index in [1.54, 1.807) is 6.07 Å². The van der Waals surface area contributed by atoms with Crippen LogP contribution in [0.3, 0.4) is 0 Å². The highest BCUT2D eigenvalue weighted by molar-refractivity contribution is 7.22. The first-order valence-corrected chi connectivity index (χ1v) is 7.79. The minimum Gasteiger partial charge on any atom is -0.321 e. The van der Waals surface area contributed by atoms with E-state index in [0.717, 1.165) is 23.6 Å². The van der Waals surface area contributed by atoms with Gasteiger partial charge in [0.2, 0.25) is 5.95 Å². The number of aromatic amines is 1. The van der Waals surface area contributed by atoms with Gasteiger partial charge in [-0.05, 0) is 12.0 Å². The zero-order valence-electron chi connectivity index (χ0n) is 12.4. The summed E-state index contributed by atoms with van der Waals surface area (Å²) < 4.78 is 27.4. The molecule has 8 heteroatoms. The van der Waals surface area contributed by atoms with Gasteiger partial charge in [-0.15, -0.1) is 11.3 Å². The van der Waals surface area contributed by atoms with Crippen LogP contribution in [0.25, 0.3) is 20.7 Å². The summed E-state index contributed by atoms with van der Waals surface area (Å²) in [5.41, 5.74) is 6.14. The number of nitrogens with two attached hydrogens (primary N) is 1. The second kappa shape index (κ2) is 5.78. The monoisotopic (exact) mass is 336 g/mol. The molecule has 3 rings (SSSR count). The third-order valence-corrected chi connectivity index (χ3v) is 4.68. The number of rotatable bonds is 3. The van der Waals surface area contributed by atoms with Crippen molar-refractivity contribution in [1.82, 2.24) is 15.0 Å². The third-order valence-electron chi connectivity index (χ3n) is 3.52. The van der Waals surface area contributed by atoms with Crippen LogP contribution in [0.4, 0.5) is 8.78 Å². The number of aromatic nitrogens is 3. The molecule has 3 N–H and O–H groups in total. The Morgan fingerprint density at radius 3 is 2.74 bits per heavy atom. The predicted octanol–water partition coefficient (Wildman–Crippen LogP) is 2.98. The van der Waals surface area contributed by atoms with Crippen molar-refractivity contribution in [2.45, 2.75) is 19.9 Å². The zero-order valence-corrected chi connectivity index (χ0v) is 13.2. The summed E-state index contributed by atoms with van der Waals surface area (Å²) in [5.74, 6) is -0.972. The Morgan fingerprint density at radius 2 is 2.04 bits per heavy atom. The Balaban J connectivity index is 2.17. The normalized spacial score (nSPS) is 13.0. The van der Waals surface area contributed by atoms with Crippen LogP contribution in [0.2, 0.25) is 0 Å². The molecular weight excluding hydrogens is 322 g/mol. The molecule has 3 heterocycles. The first kappa shape index (κ1) is 15.7. The molecule has 0 amide bonds. The van der Waals surface area contributed by atoms with Crippen molar-refractivity contribution < 1.29 is 8.78 Å². The van der Waals surface area contributed by atoms with Crippen molar-refractivity contribution in [3.63, 3.8) is 0 Å². The Labute approximate surface area is 134 Å². The molecule has 0 saturated heterocycles. The maximum absolute atomic E-state index is 13.8. The van der Waals surface area contributed by atoms with Crippen LogP contribution in [0.5, 0.6) is 0 Å². The molecule has 120 valence electrons. The van der Waals surface area contributed by atoms with Gasteiger partial charge >= 0.3 is 0 Å². The summed E-state index contributed by atoms with van der Waals surface area (Å²) >= 11 is 1.05. The second-order valence-electron chi connectivity index (χ2n) is 5.53. The van der Waals surface area contributed by atoms with Crippen LogP contribution in [-0.2, 0) is 0 Å². The molecule has 5 nitrogen and oxygen atoms in total. The Bertz CT molecular complexity index is 935. The summed E-state index contributed by atoms with van der Waals surface area (Å²) in [6, 6.07) is 2.14. The molecule has 0 aromatic carbocycles. The van der Waals surface area contributed by atoms with E-state index in [9.17, 15) is 13.6 Å². The molecule has 0 unspecified atom stereocenters. The highest BCUT2D eigenvalue weighted by atomic mass is 32.1. The van der Waals surface area contributed by atoms with Crippen molar-refractivity contribution in [3.05, 3.63) is 46.3 Å². The molecule has 23 heavy (non-hydrogen) atoms. The fraction of sp³-hybridized carbons (Fsp3) is 0.267. The highest BCUT2D eigenvalue weighted by Gasteiger charge is 2.18. The number of hydrogen-bond acceptors (Lipinski definition) is 5. The van der Waals surface area contributed by atoms with Gasteiger partial charge in [-0.2, -0.15) is 4.39 Å². The first-order valence-electron chi connectivity index (χ1n) is 6.97. The summed E-state index contributed by atoms with van der Waals surface area (Å²) in [6.07, 6.45) is 0.812. The Hall–Kier alpha value is -2.19. The smallest absolute Gasteiger partial charge is 0.268 e. The lowest BCUT2D eigenvalue weighted by Crippen LogP contribution is -2.23. The van der Waals surface area contributed by atoms with Crippen LogP contribution < -0.4 is 11.3 Å². The lowest BCUT2D eigenvalue weighted by atomic mass is 10.1. The van der Waals surface area contributed by atoms with Gasteiger partial charge in [0.05, 0.1) is 17.8 Å². The molecule has 1 atom stereocenters. The number of nitrogens with one attached hydrogen (secondary N) is 1. The van der Waals surface area contributed by atoms with E-state index in [-0.39, 0.29) is 17.0 Å². The second-order valence-corrected chi connectivity index (χ2v) is 6.59. The number of thiophene rings is 1. The van der Waals surface area contributed by atoms with Crippen LogP contribution in [0.15, 0.2) is 23.1 Å². The number of halogens is 2. The minimum absolute atomic E-state index is 0.0506. The highest BCUT2D eigenvalue weighted by Crippen LogP contribution is 2.33. The van der Waals surface area contributed by atoms with Gasteiger partial charge in [0.25, 0.3) is 5.56 Å². The zero-order chi connectivity index (χ0) is 16.7. The standard InChI is InChI=1S/C15H14F2N4OS/c1-6(2)12(18)14-20-9-4-10(23-13(9)15(22)21-14)7-3-11(17)19-5-8(7)16/h3-6,12H,18H2,1-2H3,(H,20,21,22)/t12-/m0/s1. The van der Waals surface area contributed by atoms with Crippen LogP contribution in [0.1, 0.15) is 25.7 Å². The molecule has 0 aliphatic heterocycles. The van der Waals surface area contributed by atoms with Gasteiger partial charge in [-0.25, -0.2) is 14.4 Å². The van der Waals surface area contributed by atoms with E-state index in [2.05, 4.69) is 15.0 Å². The lowest BCUT2D eigenvalue weighted by molar-refractivity contribution is 0.491. The topological polar surface area (TPSA) is 84.7 Å². The van der Waals surface area contributed by atoms with Gasteiger partial charge in [0.15, 0.2) is 0 Å². The summed E-state index contributed by atoms with van der Waals surface area (Å²) in [5, 5.41) is 0. The number of hydrogen-bond donors (Lipinski definition) is 2. The molecule has 0 bridgehead atoms. The lowest BCUT2D eigenvalue weighted by Gasteiger charge is -2.13. The van der Waals surface area contributed by atoms with E-state index < -0.39 is 17.8 Å². The fourth-order valence-electron chi connectivity index (χ4n) is 2.17. The van der Waals surface area contributed by atoms with Crippen LogP contribution in [-0.4, -0.2) is 15.0 Å². The van der Waals surface area contributed by atoms with Crippen molar-refractivity contribution in [1.29, 1.82) is 0 Å². The number of fused-ring (bicyclic) bond motifs is 1. The molecule has 0 aliphatic rings. The average molecular weight is 336 g/mol. The fourth-order valence-corrected chi connectivity index (χ4v) is 3.18. The molecule has 3 aromatic rings. The first-order chi connectivity index (χ1) is 10.9. The molecule has 0 aliphatic carbocycles. The predicted molar refractivity (Wildman–Crippen MR) is 85.2 cm³/mol. The van der Waals surface area contributed by atoms with E-state index in [1.165, 1.54) is 0 Å². The molecule has 0 radical (unpaired) electrons. The molecular formula is C15H14F2N4OS. The Morgan fingerprint density at radius 1 is 1.30 bits per heavy atom. The SMILES string of the molecule is CC(C)[C@H](N)c1nc2cc(-c3cc(F)ncc3F)sc2c(=O)[nH]1.